The largest absolute Gasteiger partial charge is 0.496 e. The standard InChI is InChI=1S/C15H11F3N2O3S/c1-23-14-7-4-11(8-13(14)15(16,17)18)20-24(21,22)12-5-2-10(9-19)3-6-12/h2-8,20H,1H3. The molecule has 126 valence electrons. The van der Waals surface area contributed by atoms with E-state index in [0.29, 0.717) is 6.07 Å². The molecule has 1 N–H and O–H groups in total. The number of ether oxygens (including phenoxy) is 1. The van der Waals surface area contributed by atoms with Crippen LogP contribution in [0, 0.1) is 11.3 Å². The average Bonchev–Trinajstić information content (AvgIpc) is 2.53. The molecule has 2 rings (SSSR count). The maximum Gasteiger partial charge on any atom is 0.420 e. The third-order valence-corrected chi connectivity index (χ3v) is 4.45. The monoisotopic (exact) mass is 356 g/mol. The molecule has 0 radical (unpaired) electrons. The molecule has 0 saturated carbocycles. The molecule has 24 heavy (non-hydrogen) atoms. The van der Waals surface area contributed by atoms with Crippen LogP contribution in [0.25, 0.3) is 0 Å². The molecule has 0 saturated heterocycles. The maximum absolute atomic E-state index is 13.0. The van der Waals surface area contributed by atoms with E-state index in [4.69, 9.17) is 5.26 Å². The lowest BCUT2D eigenvalue weighted by Gasteiger charge is -2.14. The quantitative estimate of drug-likeness (QED) is 0.911. The van der Waals surface area contributed by atoms with Crippen molar-refractivity contribution < 1.29 is 26.3 Å². The highest BCUT2D eigenvalue weighted by Gasteiger charge is 2.34. The van der Waals surface area contributed by atoms with Crippen molar-refractivity contribution in [3.8, 4) is 11.8 Å². The van der Waals surface area contributed by atoms with Crippen molar-refractivity contribution in [1.82, 2.24) is 0 Å². The van der Waals surface area contributed by atoms with Crippen LogP contribution in [0.4, 0.5) is 18.9 Å². The van der Waals surface area contributed by atoms with Gasteiger partial charge in [0.15, 0.2) is 0 Å². The molecule has 0 atom stereocenters. The van der Waals surface area contributed by atoms with Gasteiger partial charge in [0.2, 0.25) is 0 Å². The summed E-state index contributed by atoms with van der Waals surface area (Å²) in [5, 5.41) is 8.69. The van der Waals surface area contributed by atoms with E-state index in [1.165, 1.54) is 24.3 Å². The van der Waals surface area contributed by atoms with Crippen molar-refractivity contribution in [2.45, 2.75) is 11.1 Å². The molecule has 2 aromatic carbocycles. The molecule has 0 aliphatic heterocycles. The molecule has 0 unspecified atom stereocenters. The number of sulfonamides is 1. The van der Waals surface area contributed by atoms with Crippen LogP contribution >= 0.6 is 0 Å². The molecule has 9 heteroatoms. The third kappa shape index (κ3) is 3.78. The number of halogens is 3. The van der Waals surface area contributed by atoms with E-state index in [0.717, 1.165) is 19.2 Å². The van der Waals surface area contributed by atoms with Crippen molar-refractivity contribution >= 4 is 15.7 Å². The van der Waals surface area contributed by atoms with Crippen LogP contribution in [0.3, 0.4) is 0 Å². The molecule has 0 bridgehead atoms. The maximum atomic E-state index is 13.0. The molecule has 0 amide bonds. The molecular formula is C15H11F3N2O3S. The van der Waals surface area contributed by atoms with Gasteiger partial charge in [-0.05, 0) is 42.5 Å². The second kappa shape index (κ2) is 6.41. The lowest BCUT2D eigenvalue weighted by Crippen LogP contribution is -2.14. The molecule has 2 aromatic rings. The summed E-state index contributed by atoms with van der Waals surface area (Å²) in [5.74, 6) is -0.413. The first-order valence-electron chi connectivity index (χ1n) is 6.45. The van der Waals surface area contributed by atoms with Crippen LogP contribution in [0.1, 0.15) is 11.1 Å². The van der Waals surface area contributed by atoms with Crippen molar-refractivity contribution in [1.29, 1.82) is 5.26 Å². The Bertz CT molecular complexity index is 886. The minimum Gasteiger partial charge on any atom is -0.496 e. The number of hydrogen-bond donors (Lipinski definition) is 1. The van der Waals surface area contributed by atoms with Gasteiger partial charge in [-0.1, -0.05) is 0 Å². The number of anilines is 1. The smallest absolute Gasteiger partial charge is 0.420 e. The predicted molar refractivity (Wildman–Crippen MR) is 80.0 cm³/mol. The molecule has 0 fully saturated rings. The Hall–Kier alpha value is -2.73. The van der Waals surface area contributed by atoms with Crippen LogP contribution in [-0.2, 0) is 16.2 Å². The highest BCUT2D eigenvalue weighted by molar-refractivity contribution is 7.92. The number of nitriles is 1. The van der Waals surface area contributed by atoms with Crippen molar-refractivity contribution in [2.24, 2.45) is 0 Å². The van der Waals surface area contributed by atoms with Crippen LogP contribution in [0.2, 0.25) is 0 Å². The van der Waals surface area contributed by atoms with E-state index in [1.807, 2.05) is 6.07 Å². The Morgan fingerprint density at radius 1 is 1.12 bits per heavy atom. The number of nitrogens with zero attached hydrogens (tertiary/aromatic N) is 1. The summed E-state index contributed by atoms with van der Waals surface area (Å²) < 4.78 is 70.0. The molecule has 0 aliphatic carbocycles. The Balaban J connectivity index is 2.37. The fraction of sp³-hybridized carbons (Fsp3) is 0.133. The fourth-order valence-corrected chi connectivity index (χ4v) is 2.97. The third-order valence-electron chi connectivity index (χ3n) is 3.05. The lowest BCUT2D eigenvalue weighted by atomic mass is 10.1. The SMILES string of the molecule is COc1ccc(NS(=O)(=O)c2ccc(C#N)cc2)cc1C(F)(F)F. The van der Waals surface area contributed by atoms with Gasteiger partial charge in [-0.2, -0.15) is 18.4 Å². The predicted octanol–water partition coefficient (Wildman–Crippen LogP) is 3.39. The Morgan fingerprint density at radius 2 is 1.75 bits per heavy atom. The van der Waals surface area contributed by atoms with Gasteiger partial charge in [0.05, 0.1) is 29.2 Å². The Labute approximate surface area is 136 Å². The van der Waals surface area contributed by atoms with E-state index >= 15 is 0 Å². The second-order valence-electron chi connectivity index (χ2n) is 4.65. The van der Waals surface area contributed by atoms with Gasteiger partial charge < -0.3 is 4.74 Å². The minimum absolute atomic E-state index is 0.175. The van der Waals surface area contributed by atoms with E-state index in [-0.39, 0.29) is 16.1 Å². The topological polar surface area (TPSA) is 79.2 Å². The molecule has 5 nitrogen and oxygen atoms in total. The zero-order valence-electron chi connectivity index (χ0n) is 12.3. The van der Waals surface area contributed by atoms with E-state index in [1.54, 1.807) is 0 Å². The summed E-state index contributed by atoms with van der Waals surface area (Å²) in [6.07, 6.45) is -4.69. The van der Waals surface area contributed by atoms with Crippen LogP contribution in [-0.4, -0.2) is 15.5 Å². The first-order valence-corrected chi connectivity index (χ1v) is 7.94. The highest BCUT2D eigenvalue weighted by atomic mass is 32.2. The summed E-state index contributed by atoms with van der Waals surface area (Å²) >= 11 is 0. The molecule has 0 spiro atoms. The van der Waals surface area contributed by atoms with Gasteiger partial charge in [0.25, 0.3) is 10.0 Å². The summed E-state index contributed by atoms with van der Waals surface area (Å²) in [4.78, 5) is -0.175. The normalized spacial score (nSPS) is 11.6. The molecule has 0 aliphatic rings. The van der Waals surface area contributed by atoms with Crippen LogP contribution < -0.4 is 9.46 Å². The fourth-order valence-electron chi connectivity index (χ4n) is 1.92. The minimum atomic E-state index is -4.69. The number of rotatable bonds is 4. The van der Waals surface area contributed by atoms with Crippen molar-refractivity contribution in [3.63, 3.8) is 0 Å². The Morgan fingerprint density at radius 3 is 2.25 bits per heavy atom. The first kappa shape index (κ1) is 17.6. The summed E-state index contributed by atoms with van der Waals surface area (Å²) in [6, 6.07) is 9.65. The number of nitrogens with one attached hydrogen (secondary N) is 1. The number of methoxy groups -OCH3 is 1. The van der Waals surface area contributed by atoms with Crippen molar-refractivity contribution in [2.75, 3.05) is 11.8 Å². The molecule has 0 aromatic heterocycles. The Kier molecular flexibility index (Phi) is 4.71. The van der Waals surface area contributed by atoms with Gasteiger partial charge in [-0.25, -0.2) is 8.42 Å². The van der Waals surface area contributed by atoms with Crippen LogP contribution in [0.15, 0.2) is 47.4 Å². The summed E-state index contributed by atoms with van der Waals surface area (Å²) in [7, 11) is -3.00. The highest BCUT2D eigenvalue weighted by Crippen LogP contribution is 2.38. The zero-order valence-corrected chi connectivity index (χ0v) is 13.1. The van der Waals surface area contributed by atoms with E-state index < -0.39 is 27.5 Å². The lowest BCUT2D eigenvalue weighted by molar-refractivity contribution is -0.138. The van der Waals surface area contributed by atoms with Gasteiger partial charge in [-0.3, -0.25) is 4.72 Å². The van der Waals surface area contributed by atoms with Crippen LogP contribution in [0.5, 0.6) is 5.75 Å². The molecule has 0 heterocycles. The first-order chi connectivity index (χ1) is 11.2. The van der Waals surface area contributed by atoms with Gasteiger partial charge >= 0.3 is 6.18 Å². The number of hydrogen-bond acceptors (Lipinski definition) is 4. The zero-order chi connectivity index (χ0) is 18.0. The van der Waals surface area contributed by atoms with E-state index in [2.05, 4.69) is 9.46 Å². The van der Waals surface area contributed by atoms with E-state index in [9.17, 15) is 21.6 Å². The molecular weight excluding hydrogens is 345 g/mol. The average molecular weight is 356 g/mol. The number of alkyl halides is 3. The summed E-state index contributed by atoms with van der Waals surface area (Å²) in [5.41, 5.74) is -1.09. The second-order valence-corrected chi connectivity index (χ2v) is 6.34. The van der Waals surface area contributed by atoms with Crippen molar-refractivity contribution in [3.05, 3.63) is 53.6 Å². The number of benzene rings is 2. The van der Waals surface area contributed by atoms with Gasteiger partial charge in [-0.15, -0.1) is 0 Å². The van der Waals surface area contributed by atoms with Gasteiger partial charge in [0, 0.05) is 5.69 Å². The summed E-state index contributed by atoms with van der Waals surface area (Å²) in [6.45, 7) is 0. The van der Waals surface area contributed by atoms with Gasteiger partial charge in [0.1, 0.15) is 5.75 Å².